The third-order valence-corrected chi connectivity index (χ3v) is 2.08. The molecule has 0 radical (unpaired) electrons. The molecule has 0 bridgehead atoms. The van der Waals surface area contributed by atoms with Gasteiger partial charge in [-0.05, 0) is 64.6 Å². The summed E-state index contributed by atoms with van der Waals surface area (Å²) in [5.74, 6) is 2.97. The van der Waals surface area contributed by atoms with Gasteiger partial charge in [-0.15, -0.1) is 0 Å². The molecule has 0 atom stereocenters. The van der Waals surface area contributed by atoms with E-state index in [0.29, 0.717) is 0 Å². The van der Waals surface area contributed by atoms with Crippen LogP contribution < -0.4 is 0 Å². The maximum atomic E-state index is 10.7. The van der Waals surface area contributed by atoms with Crippen molar-refractivity contribution in [1.29, 1.82) is 0 Å². The molecule has 134 valence electrons. The van der Waals surface area contributed by atoms with Crippen molar-refractivity contribution in [2.75, 3.05) is 7.11 Å². The largest absolute Gasteiger partial charge is 0.501 e. The summed E-state index contributed by atoms with van der Waals surface area (Å²) in [6, 6.07) is 0. The van der Waals surface area contributed by atoms with Crippen molar-refractivity contribution in [3.05, 3.63) is 111 Å². The number of aliphatic hydroxyl groups excluding tert-OH is 3. The van der Waals surface area contributed by atoms with Crippen LogP contribution in [0.3, 0.4) is 0 Å². The molecule has 3 N–H and O–H groups in total. The van der Waals surface area contributed by atoms with E-state index in [0.717, 1.165) is 6.08 Å². The smallest absolute Gasteiger partial charge is 0.339 e. The fraction of sp³-hybridized carbons (Fsp3) is 0.0435. The Kier molecular flexibility index (Phi) is 12.7. The molecular formula is C23H12O5. The molecule has 0 saturated carbocycles. The maximum Gasteiger partial charge on any atom is 0.339 e. The third kappa shape index (κ3) is 13.4. The second kappa shape index (κ2) is 15.5. The lowest BCUT2D eigenvalue weighted by atomic mass is 10.4. The number of esters is 1. The molecule has 0 rings (SSSR count). The molecule has 0 aromatic heterocycles. The Bertz CT molecular complexity index is 1190. The molecule has 0 fully saturated rings. The van der Waals surface area contributed by atoms with Crippen LogP contribution in [0.15, 0.2) is 111 Å². The van der Waals surface area contributed by atoms with Crippen LogP contribution in [0.2, 0.25) is 0 Å². The normalized spacial score (nSPS) is 6.89. The van der Waals surface area contributed by atoms with Gasteiger partial charge in [-0.25, -0.2) is 4.79 Å². The van der Waals surface area contributed by atoms with Crippen LogP contribution in [-0.4, -0.2) is 28.4 Å². The molecule has 28 heavy (non-hydrogen) atoms. The SMILES string of the molecule is C=C=C=C=C=C(O)C(O)=C=C=C=CC#C/C=C/C(O)=C=C=C=C=CC(=O)OC. The Labute approximate surface area is 161 Å². The molecule has 0 amide bonds. The van der Waals surface area contributed by atoms with Gasteiger partial charge in [-0.2, -0.15) is 0 Å². The Hall–Kier alpha value is -5.03. The lowest BCUT2D eigenvalue weighted by Gasteiger charge is -1.85. The fourth-order valence-electron chi connectivity index (χ4n) is 0.958. The third-order valence-electron chi connectivity index (χ3n) is 2.08. The van der Waals surface area contributed by atoms with Gasteiger partial charge < -0.3 is 20.1 Å². The summed E-state index contributed by atoms with van der Waals surface area (Å²) in [7, 11) is 1.22. The molecule has 0 saturated heterocycles. The molecule has 0 heterocycles. The first kappa shape index (κ1) is 23.0. The first-order valence-corrected chi connectivity index (χ1v) is 7.16. The average molecular weight is 368 g/mol. The number of ether oxygens (including phenoxy) is 1. The van der Waals surface area contributed by atoms with Crippen molar-refractivity contribution in [3.63, 3.8) is 0 Å². The standard InChI is InChI=1S/C23H12O5/c1-3-4-10-17-21(25)22(26)18-13-8-6-5-7-11-15-20(24)16-12-9-14-19-23(27)28-2/h6,11,15,19,24-26H,1H2,2H3/b15-11+. The zero-order valence-electron chi connectivity index (χ0n) is 14.7. The molecule has 0 aromatic carbocycles. The van der Waals surface area contributed by atoms with Crippen molar-refractivity contribution in [2.24, 2.45) is 0 Å². The molecule has 5 nitrogen and oxygen atoms in total. The summed E-state index contributed by atoms with van der Waals surface area (Å²) in [6.07, 6.45) is 4.83. The van der Waals surface area contributed by atoms with E-state index in [-0.39, 0.29) is 5.76 Å². The number of hydrogen-bond acceptors (Lipinski definition) is 5. The summed E-state index contributed by atoms with van der Waals surface area (Å²) in [5.41, 5.74) is 25.2. The highest BCUT2D eigenvalue weighted by molar-refractivity contribution is 5.81. The minimum absolute atomic E-state index is 0.274. The Morgan fingerprint density at radius 2 is 1.57 bits per heavy atom. The summed E-state index contributed by atoms with van der Waals surface area (Å²) >= 11 is 0. The van der Waals surface area contributed by atoms with E-state index in [1.807, 2.05) is 0 Å². The Balaban J connectivity index is 5.26. The average Bonchev–Trinajstić information content (AvgIpc) is 2.69. The van der Waals surface area contributed by atoms with E-state index in [2.05, 4.69) is 86.2 Å². The van der Waals surface area contributed by atoms with Crippen molar-refractivity contribution in [3.8, 4) is 11.8 Å². The number of carbonyl (C=O) groups excluding carboxylic acids is 1. The van der Waals surface area contributed by atoms with Gasteiger partial charge in [0.25, 0.3) is 0 Å². The van der Waals surface area contributed by atoms with Crippen LogP contribution in [-0.2, 0) is 9.53 Å². The van der Waals surface area contributed by atoms with Gasteiger partial charge in [-0.1, -0.05) is 29.0 Å². The van der Waals surface area contributed by atoms with Gasteiger partial charge in [0.15, 0.2) is 5.76 Å². The second-order valence-corrected chi connectivity index (χ2v) is 3.98. The van der Waals surface area contributed by atoms with E-state index in [4.69, 9.17) is 0 Å². The molecule has 5 heteroatoms. The van der Waals surface area contributed by atoms with Crippen molar-refractivity contribution >= 4 is 5.97 Å². The number of aliphatic hydroxyl groups is 3. The fourth-order valence-corrected chi connectivity index (χ4v) is 0.958. The van der Waals surface area contributed by atoms with E-state index in [1.54, 1.807) is 0 Å². The lowest BCUT2D eigenvalue weighted by molar-refractivity contribution is -0.134. The highest BCUT2D eigenvalue weighted by Crippen LogP contribution is 1.95. The van der Waals surface area contributed by atoms with E-state index < -0.39 is 17.5 Å². The molecule has 0 aromatic rings. The van der Waals surface area contributed by atoms with Gasteiger partial charge in [0.05, 0.1) is 13.2 Å². The van der Waals surface area contributed by atoms with Crippen LogP contribution in [0.4, 0.5) is 0 Å². The second-order valence-electron chi connectivity index (χ2n) is 3.98. The van der Waals surface area contributed by atoms with E-state index in [1.165, 1.54) is 25.3 Å². The number of methoxy groups -OCH3 is 1. The van der Waals surface area contributed by atoms with Crippen molar-refractivity contribution < 1.29 is 24.9 Å². The minimum atomic E-state index is -0.627. The highest BCUT2D eigenvalue weighted by Gasteiger charge is 1.94. The number of hydrogen-bond donors (Lipinski definition) is 3. The Morgan fingerprint density at radius 3 is 2.25 bits per heavy atom. The van der Waals surface area contributed by atoms with Gasteiger partial charge in [0.1, 0.15) is 0 Å². The number of rotatable bonds is 3. The molecular weight excluding hydrogens is 356 g/mol. The quantitative estimate of drug-likeness (QED) is 0.178. The van der Waals surface area contributed by atoms with E-state index >= 15 is 0 Å². The number of allylic oxidation sites excluding steroid dienone is 3. The molecule has 0 unspecified atom stereocenters. The molecule has 0 aliphatic carbocycles. The van der Waals surface area contributed by atoms with Gasteiger partial charge >= 0.3 is 5.97 Å². The minimum Gasteiger partial charge on any atom is -0.501 e. The first-order valence-electron chi connectivity index (χ1n) is 7.16. The van der Waals surface area contributed by atoms with Crippen LogP contribution in [0, 0.1) is 11.8 Å². The van der Waals surface area contributed by atoms with Crippen LogP contribution in [0.5, 0.6) is 0 Å². The van der Waals surface area contributed by atoms with E-state index in [9.17, 15) is 20.1 Å². The molecule has 0 aliphatic heterocycles. The summed E-state index contributed by atoms with van der Waals surface area (Å²) in [6.45, 7) is 3.23. The number of carbonyl (C=O) groups is 1. The summed E-state index contributed by atoms with van der Waals surface area (Å²) in [5, 5.41) is 28.1. The Morgan fingerprint density at radius 1 is 0.893 bits per heavy atom. The van der Waals surface area contributed by atoms with Gasteiger partial charge in [-0.3, -0.25) is 0 Å². The highest BCUT2D eigenvalue weighted by atomic mass is 16.5. The molecule has 0 aliphatic rings. The predicted octanol–water partition coefficient (Wildman–Crippen LogP) is 3.38. The topological polar surface area (TPSA) is 87.0 Å². The van der Waals surface area contributed by atoms with Crippen molar-refractivity contribution in [1.82, 2.24) is 0 Å². The summed E-state index contributed by atoms with van der Waals surface area (Å²) in [4.78, 5) is 10.7. The summed E-state index contributed by atoms with van der Waals surface area (Å²) < 4.78 is 4.34. The maximum absolute atomic E-state index is 10.7. The zero-order valence-corrected chi connectivity index (χ0v) is 14.7. The van der Waals surface area contributed by atoms with Crippen LogP contribution in [0.25, 0.3) is 0 Å². The van der Waals surface area contributed by atoms with Crippen LogP contribution in [0.1, 0.15) is 0 Å². The molecule has 0 spiro atoms. The van der Waals surface area contributed by atoms with Crippen molar-refractivity contribution in [2.45, 2.75) is 0 Å². The zero-order chi connectivity index (χ0) is 21.0. The van der Waals surface area contributed by atoms with Crippen LogP contribution >= 0.6 is 0 Å². The predicted molar refractivity (Wildman–Crippen MR) is 101 cm³/mol. The van der Waals surface area contributed by atoms with Gasteiger partial charge in [0, 0.05) is 6.08 Å². The monoisotopic (exact) mass is 368 g/mol. The lowest BCUT2D eigenvalue weighted by Crippen LogP contribution is -1.91. The van der Waals surface area contributed by atoms with Gasteiger partial charge in [0.2, 0.25) is 11.5 Å². The first-order chi connectivity index (χ1) is 13.5.